The molecule has 1 amide bonds. The van der Waals surface area contributed by atoms with Gasteiger partial charge in [-0.3, -0.25) is 9.48 Å². The van der Waals surface area contributed by atoms with Gasteiger partial charge in [-0.25, -0.2) is 13.1 Å². The average Bonchev–Trinajstić information content (AvgIpc) is 2.93. The smallest absolute Gasteiger partial charge is 0.352 e. The summed E-state index contributed by atoms with van der Waals surface area (Å²) in [4.78, 5) is 11.4. The summed E-state index contributed by atoms with van der Waals surface area (Å²) in [6.45, 7) is -1.85. The van der Waals surface area contributed by atoms with Gasteiger partial charge < -0.3 is 5.32 Å². The maximum absolute atomic E-state index is 12.2. The molecule has 11 heteroatoms. The molecule has 2 rings (SSSR count). The molecular formula is C13H19F3N4O3S. The minimum atomic E-state index is -4.50. The van der Waals surface area contributed by atoms with Crippen molar-refractivity contribution in [3.8, 4) is 0 Å². The Balaban J connectivity index is 1.87. The molecule has 0 radical (unpaired) electrons. The molecule has 7 nitrogen and oxygen atoms in total. The summed E-state index contributed by atoms with van der Waals surface area (Å²) in [5.74, 6) is -0.465. The Hall–Kier alpha value is -1.62. The fourth-order valence-corrected chi connectivity index (χ4v) is 3.46. The molecule has 1 fully saturated rings. The van der Waals surface area contributed by atoms with Crippen molar-refractivity contribution >= 4 is 15.9 Å². The third kappa shape index (κ3) is 5.78. The van der Waals surface area contributed by atoms with E-state index in [2.05, 4.69) is 15.1 Å². The highest BCUT2D eigenvalue weighted by Crippen LogP contribution is 2.18. The minimum Gasteiger partial charge on any atom is -0.352 e. The predicted molar refractivity (Wildman–Crippen MR) is 78.5 cm³/mol. The van der Waals surface area contributed by atoms with Crippen molar-refractivity contribution < 1.29 is 26.4 Å². The number of aromatic nitrogens is 2. The number of nitrogens with zero attached hydrogens (tertiary/aromatic N) is 2. The van der Waals surface area contributed by atoms with Gasteiger partial charge in [-0.1, -0.05) is 19.3 Å². The Bertz CT molecular complexity index is 666. The van der Waals surface area contributed by atoms with E-state index in [1.54, 1.807) is 0 Å². The summed E-state index contributed by atoms with van der Waals surface area (Å²) in [6, 6.07) is 0.0466. The number of hydrogen-bond donors (Lipinski definition) is 2. The SMILES string of the molecule is O=C(CNS(=O)(=O)c1cnn(CC(F)(F)F)c1)NC1CCCCC1. The number of amides is 1. The third-order valence-electron chi connectivity index (χ3n) is 3.65. The zero-order chi connectivity index (χ0) is 17.8. The van der Waals surface area contributed by atoms with Gasteiger partial charge in [-0.05, 0) is 12.8 Å². The maximum atomic E-state index is 12.2. The van der Waals surface area contributed by atoms with Crippen LogP contribution in [0.3, 0.4) is 0 Å². The van der Waals surface area contributed by atoms with E-state index in [9.17, 15) is 26.4 Å². The molecule has 1 aromatic rings. The monoisotopic (exact) mass is 368 g/mol. The predicted octanol–water partition coefficient (Wildman–Crippen LogP) is 1.17. The van der Waals surface area contributed by atoms with Crippen LogP contribution >= 0.6 is 0 Å². The molecular weight excluding hydrogens is 349 g/mol. The van der Waals surface area contributed by atoms with Gasteiger partial charge in [0.25, 0.3) is 0 Å². The summed E-state index contributed by atoms with van der Waals surface area (Å²) < 4.78 is 63.2. The van der Waals surface area contributed by atoms with Crippen LogP contribution in [0.15, 0.2) is 17.3 Å². The molecule has 0 atom stereocenters. The molecule has 1 saturated carbocycles. The highest BCUT2D eigenvalue weighted by molar-refractivity contribution is 7.89. The van der Waals surface area contributed by atoms with E-state index in [4.69, 9.17) is 0 Å². The number of nitrogens with one attached hydrogen (secondary N) is 2. The lowest BCUT2D eigenvalue weighted by Crippen LogP contribution is -2.42. The molecule has 2 N–H and O–H groups in total. The Morgan fingerprint density at radius 3 is 2.58 bits per heavy atom. The number of carbonyl (C=O) groups is 1. The van der Waals surface area contributed by atoms with Gasteiger partial charge in [-0.2, -0.15) is 18.3 Å². The first-order chi connectivity index (χ1) is 11.2. The summed E-state index contributed by atoms with van der Waals surface area (Å²) in [6.07, 6.45) is 1.98. The number of hydrogen-bond acceptors (Lipinski definition) is 4. The second-order valence-corrected chi connectivity index (χ2v) is 7.48. The highest BCUT2D eigenvalue weighted by atomic mass is 32.2. The third-order valence-corrected chi connectivity index (χ3v) is 5.01. The largest absolute Gasteiger partial charge is 0.408 e. The van der Waals surface area contributed by atoms with E-state index in [1.165, 1.54) is 0 Å². The van der Waals surface area contributed by atoms with Crippen molar-refractivity contribution in [2.75, 3.05) is 6.54 Å². The van der Waals surface area contributed by atoms with Gasteiger partial charge in [0.15, 0.2) is 0 Å². The number of sulfonamides is 1. The molecule has 0 aliphatic heterocycles. The zero-order valence-corrected chi connectivity index (χ0v) is 13.7. The average molecular weight is 368 g/mol. The van der Waals surface area contributed by atoms with Crippen LogP contribution in [0.1, 0.15) is 32.1 Å². The number of rotatable bonds is 6. The van der Waals surface area contributed by atoms with Crippen molar-refractivity contribution in [1.82, 2.24) is 19.8 Å². The first kappa shape index (κ1) is 18.7. The topological polar surface area (TPSA) is 93.1 Å². The van der Waals surface area contributed by atoms with E-state index >= 15 is 0 Å². The molecule has 0 aromatic carbocycles. The van der Waals surface area contributed by atoms with E-state index in [0.29, 0.717) is 4.68 Å². The van der Waals surface area contributed by atoms with Crippen molar-refractivity contribution in [3.05, 3.63) is 12.4 Å². The molecule has 0 spiro atoms. The van der Waals surface area contributed by atoms with E-state index in [1.807, 2.05) is 0 Å². The van der Waals surface area contributed by atoms with Crippen molar-refractivity contribution in [2.24, 2.45) is 0 Å². The van der Waals surface area contributed by atoms with Gasteiger partial charge >= 0.3 is 6.18 Å². The molecule has 24 heavy (non-hydrogen) atoms. The normalized spacial score (nSPS) is 17.0. The van der Waals surface area contributed by atoms with E-state index in [0.717, 1.165) is 44.5 Å². The lowest BCUT2D eigenvalue weighted by atomic mass is 9.95. The summed E-state index contributed by atoms with van der Waals surface area (Å²) in [7, 11) is -4.09. The summed E-state index contributed by atoms with van der Waals surface area (Å²) >= 11 is 0. The lowest BCUT2D eigenvalue weighted by Gasteiger charge is -2.22. The molecule has 136 valence electrons. The van der Waals surface area contributed by atoms with Gasteiger partial charge in [-0.15, -0.1) is 0 Å². The minimum absolute atomic E-state index is 0.0466. The van der Waals surface area contributed by atoms with Crippen LogP contribution in [0, 0.1) is 0 Å². The zero-order valence-electron chi connectivity index (χ0n) is 12.8. The first-order valence-corrected chi connectivity index (χ1v) is 9.02. The van der Waals surface area contributed by atoms with Gasteiger partial charge in [0.05, 0.1) is 12.7 Å². The molecule has 1 heterocycles. The maximum Gasteiger partial charge on any atom is 0.408 e. The highest BCUT2D eigenvalue weighted by Gasteiger charge is 2.29. The van der Waals surface area contributed by atoms with Crippen LogP contribution in [-0.4, -0.2) is 42.9 Å². The van der Waals surface area contributed by atoms with Crippen LogP contribution < -0.4 is 10.0 Å². The van der Waals surface area contributed by atoms with Crippen LogP contribution in [0.25, 0.3) is 0 Å². The molecule has 0 unspecified atom stereocenters. The number of alkyl halides is 3. The van der Waals surface area contributed by atoms with Gasteiger partial charge in [0.2, 0.25) is 15.9 Å². The quantitative estimate of drug-likeness (QED) is 0.788. The first-order valence-electron chi connectivity index (χ1n) is 7.54. The Labute approximate surface area is 137 Å². The number of carbonyl (C=O) groups excluding carboxylic acids is 1. The fraction of sp³-hybridized carbons (Fsp3) is 0.692. The standard InChI is InChI=1S/C13H19F3N4O3S/c14-13(15,16)9-20-8-11(6-17-20)24(22,23)18-7-12(21)19-10-4-2-1-3-5-10/h6,8,10,18H,1-5,7,9H2,(H,19,21). The Morgan fingerprint density at radius 2 is 1.96 bits per heavy atom. The van der Waals surface area contributed by atoms with E-state index in [-0.39, 0.29) is 6.04 Å². The molecule has 0 saturated heterocycles. The number of halogens is 3. The molecule has 1 aliphatic carbocycles. The Kier molecular flexibility index (Phi) is 5.86. The van der Waals surface area contributed by atoms with Crippen LogP contribution in [-0.2, 0) is 21.4 Å². The second-order valence-electron chi connectivity index (χ2n) is 5.72. The van der Waals surface area contributed by atoms with Crippen molar-refractivity contribution in [1.29, 1.82) is 0 Å². The molecule has 0 bridgehead atoms. The van der Waals surface area contributed by atoms with Gasteiger partial charge in [0, 0.05) is 12.2 Å². The summed E-state index contributed by atoms with van der Waals surface area (Å²) in [5, 5.41) is 6.11. The van der Waals surface area contributed by atoms with Gasteiger partial charge in [0.1, 0.15) is 11.4 Å². The molecule has 1 aliphatic rings. The van der Waals surface area contributed by atoms with E-state index < -0.39 is 40.1 Å². The Morgan fingerprint density at radius 1 is 1.29 bits per heavy atom. The van der Waals surface area contributed by atoms with Crippen molar-refractivity contribution in [3.63, 3.8) is 0 Å². The lowest BCUT2D eigenvalue weighted by molar-refractivity contribution is -0.142. The summed E-state index contributed by atoms with van der Waals surface area (Å²) in [5.41, 5.74) is 0. The fourth-order valence-electron chi connectivity index (χ4n) is 2.52. The van der Waals surface area contributed by atoms with Crippen LogP contribution in [0.5, 0.6) is 0 Å². The van der Waals surface area contributed by atoms with Crippen LogP contribution in [0.4, 0.5) is 13.2 Å². The molecule has 1 aromatic heterocycles. The van der Waals surface area contributed by atoms with Crippen LogP contribution in [0.2, 0.25) is 0 Å². The second kappa shape index (κ2) is 7.51. The van der Waals surface area contributed by atoms with Crippen molar-refractivity contribution in [2.45, 2.75) is 55.8 Å².